The number of carboxylic acid groups (broad SMARTS) is 1. The van der Waals surface area contributed by atoms with Crippen LogP contribution in [-0.4, -0.2) is 47.5 Å². The zero-order chi connectivity index (χ0) is 20.1. The normalized spacial score (nSPS) is 15.4. The van der Waals surface area contributed by atoms with Crippen molar-refractivity contribution in [3.05, 3.63) is 28.8 Å². The van der Waals surface area contributed by atoms with Gasteiger partial charge in [-0.25, -0.2) is 4.79 Å². The lowest BCUT2D eigenvalue weighted by atomic mass is 9.97. The Labute approximate surface area is 159 Å². The molecule has 1 aromatic rings. The summed E-state index contributed by atoms with van der Waals surface area (Å²) in [6.07, 6.45) is 1.28. The van der Waals surface area contributed by atoms with Gasteiger partial charge >= 0.3 is 11.9 Å². The van der Waals surface area contributed by atoms with Crippen LogP contribution in [0.15, 0.2) is 12.1 Å². The van der Waals surface area contributed by atoms with Crippen molar-refractivity contribution in [2.24, 2.45) is 5.92 Å². The van der Waals surface area contributed by atoms with Gasteiger partial charge < -0.3 is 14.8 Å². The van der Waals surface area contributed by atoms with Gasteiger partial charge in [-0.05, 0) is 57.8 Å². The minimum absolute atomic E-state index is 0.0964. The first-order valence-electron chi connectivity index (χ1n) is 9.23. The van der Waals surface area contributed by atoms with Gasteiger partial charge in [0.25, 0.3) is 5.91 Å². The number of amides is 1. The molecule has 1 aromatic carbocycles. The molecule has 1 heterocycles. The predicted octanol–water partition coefficient (Wildman–Crippen LogP) is 2.61. The summed E-state index contributed by atoms with van der Waals surface area (Å²) in [6.45, 7) is 8.91. The van der Waals surface area contributed by atoms with Crippen molar-refractivity contribution >= 4 is 23.5 Å². The summed E-state index contributed by atoms with van der Waals surface area (Å²) in [4.78, 5) is 43.0. The number of hydrogen-bond donors (Lipinski definition) is 1. The van der Waals surface area contributed by atoms with E-state index in [1.807, 2.05) is 37.8 Å². The van der Waals surface area contributed by atoms with Crippen LogP contribution < -0.4 is 5.06 Å². The number of carbonyl (C=O) groups excluding carboxylic acids is 2. The molecule has 7 nitrogen and oxygen atoms in total. The largest absolute Gasteiger partial charge is 0.481 e. The molecule has 0 aromatic heterocycles. The van der Waals surface area contributed by atoms with Crippen LogP contribution in [0.25, 0.3) is 0 Å². The highest BCUT2D eigenvalue weighted by Gasteiger charge is 2.30. The van der Waals surface area contributed by atoms with E-state index in [1.165, 1.54) is 6.92 Å². The Kier molecular flexibility index (Phi) is 6.96. The molecule has 1 saturated heterocycles. The number of anilines is 1. The quantitative estimate of drug-likeness (QED) is 0.795. The average Bonchev–Trinajstić information content (AvgIpc) is 2.58. The maximum absolute atomic E-state index is 12.6. The summed E-state index contributed by atoms with van der Waals surface area (Å²) in [5.74, 6) is -1.88. The minimum Gasteiger partial charge on any atom is -0.481 e. The first-order valence-corrected chi connectivity index (χ1v) is 9.23. The number of carbonyl (C=O) groups is 3. The predicted molar refractivity (Wildman–Crippen MR) is 101 cm³/mol. The van der Waals surface area contributed by atoms with E-state index in [9.17, 15) is 14.4 Å². The molecule has 0 atom stereocenters. The number of piperidine rings is 1. The van der Waals surface area contributed by atoms with Gasteiger partial charge in [-0.2, -0.15) is 0 Å². The molecule has 0 saturated carbocycles. The minimum atomic E-state index is -0.822. The lowest BCUT2D eigenvalue weighted by Crippen LogP contribution is -2.41. The molecule has 2 rings (SSSR count). The summed E-state index contributed by atoms with van der Waals surface area (Å²) >= 11 is 0. The second kappa shape index (κ2) is 8.99. The fourth-order valence-electron chi connectivity index (χ4n) is 3.57. The van der Waals surface area contributed by atoms with E-state index in [4.69, 9.17) is 9.94 Å². The zero-order valence-electron chi connectivity index (χ0n) is 16.4. The van der Waals surface area contributed by atoms with Crippen LogP contribution in [-0.2, 0) is 19.2 Å². The van der Waals surface area contributed by atoms with E-state index >= 15 is 0 Å². The molecule has 0 unspecified atom stereocenters. The van der Waals surface area contributed by atoms with E-state index in [-0.39, 0.29) is 18.2 Å². The smallest absolute Gasteiger partial charge is 0.336 e. The van der Waals surface area contributed by atoms with E-state index in [2.05, 4.69) is 0 Å². The lowest BCUT2D eigenvalue weighted by molar-refractivity contribution is -0.155. The summed E-state index contributed by atoms with van der Waals surface area (Å²) < 4.78 is 0. The molecule has 1 fully saturated rings. The number of benzene rings is 1. The number of nitrogens with zero attached hydrogens (tertiary/aromatic N) is 2. The number of likely N-dealkylation sites (tertiary alicyclic amines) is 1. The van der Waals surface area contributed by atoms with Crippen molar-refractivity contribution in [1.82, 2.24) is 4.90 Å². The number of aryl methyl sites for hydroxylation is 3. The highest BCUT2D eigenvalue weighted by Crippen LogP contribution is 2.28. The third-order valence-corrected chi connectivity index (χ3v) is 4.87. The SMILES string of the molecule is CC(=O)N(OC(=O)C1CCN(CCC(=O)O)CC1)c1c(C)cc(C)cc1C. The molecular weight excluding hydrogens is 348 g/mol. The molecule has 27 heavy (non-hydrogen) atoms. The fraction of sp³-hybridized carbons (Fsp3) is 0.550. The van der Waals surface area contributed by atoms with Gasteiger partial charge in [-0.1, -0.05) is 17.7 Å². The Morgan fingerprint density at radius 1 is 1.15 bits per heavy atom. The van der Waals surface area contributed by atoms with Gasteiger partial charge in [0.05, 0.1) is 18.0 Å². The van der Waals surface area contributed by atoms with Crippen LogP contribution in [0.1, 0.15) is 42.9 Å². The standard InChI is InChI=1S/C20H28N2O5/c1-13-11-14(2)19(15(3)12-13)22(16(4)23)27-20(26)17-5-8-21(9-6-17)10-7-18(24)25/h11-12,17H,5-10H2,1-4H3,(H,24,25). The number of aliphatic carboxylic acids is 1. The fourth-order valence-corrected chi connectivity index (χ4v) is 3.57. The van der Waals surface area contributed by atoms with Crippen molar-refractivity contribution in [2.75, 3.05) is 24.7 Å². The third kappa shape index (κ3) is 5.53. The molecule has 0 aliphatic carbocycles. The van der Waals surface area contributed by atoms with Crippen molar-refractivity contribution in [1.29, 1.82) is 0 Å². The van der Waals surface area contributed by atoms with Crippen molar-refractivity contribution in [2.45, 2.75) is 47.0 Å². The van der Waals surface area contributed by atoms with Crippen molar-refractivity contribution < 1.29 is 24.3 Å². The second-order valence-electron chi connectivity index (χ2n) is 7.23. The number of rotatable bonds is 5. The topological polar surface area (TPSA) is 87.2 Å². The molecule has 1 aliphatic rings. The van der Waals surface area contributed by atoms with E-state index in [1.54, 1.807) is 0 Å². The van der Waals surface area contributed by atoms with Crippen LogP contribution in [0.2, 0.25) is 0 Å². The lowest BCUT2D eigenvalue weighted by Gasteiger charge is -2.31. The van der Waals surface area contributed by atoms with Gasteiger partial charge in [0.1, 0.15) is 0 Å². The first-order chi connectivity index (χ1) is 12.7. The van der Waals surface area contributed by atoms with Crippen LogP contribution >= 0.6 is 0 Å². The molecule has 0 spiro atoms. The molecule has 0 bridgehead atoms. The van der Waals surface area contributed by atoms with Gasteiger partial charge in [0.15, 0.2) is 0 Å². The highest BCUT2D eigenvalue weighted by atomic mass is 16.7. The summed E-state index contributed by atoms with van der Waals surface area (Å²) in [6, 6.07) is 3.90. The van der Waals surface area contributed by atoms with Crippen LogP contribution in [0, 0.1) is 26.7 Å². The maximum atomic E-state index is 12.6. The summed E-state index contributed by atoms with van der Waals surface area (Å²) in [5.41, 5.74) is 3.44. The molecule has 1 N–H and O–H groups in total. The summed E-state index contributed by atoms with van der Waals surface area (Å²) in [5, 5.41) is 9.87. The zero-order valence-corrected chi connectivity index (χ0v) is 16.4. The molecule has 1 aliphatic heterocycles. The average molecular weight is 376 g/mol. The molecule has 148 valence electrons. The van der Waals surface area contributed by atoms with Gasteiger partial charge in [0, 0.05) is 13.5 Å². The van der Waals surface area contributed by atoms with Crippen molar-refractivity contribution in [3.8, 4) is 0 Å². The van der Waals surface area contributed by atoms with E-state index in [0.717, 1.165) is 21.8 Å². The first kappa shape index (κ1) is 20.9. The Balaban J connectivity index is 2.03. The Bertz CT molecular complexity index is 700. The van der Waals surface area contributed by atoms with Crippen LogP contribution in [0.3, 0.4) is 0 Å². The maximum Gasteiger partial charge on any atom is 0.336 e. The Morgan fingerprint density at radius 3 is 2.19 bits per heavy atom. The Morgan fingerprint density at radius 2 is 1.70 bits per heavy atom. The molecule has 7 heteroatoms. The third-order valence-electron chi connectivity index (χ3n) is 4.87. The molecule has 0 radical (unpaired) electrons. The van der Waals surface area contributed by atoms with Crippen molar-refractivity contribution in [3.63, 3.8) is 0 Å². The monoisotopic (exact) mass is 376 g/mol. The van der Waals surface area contributed by atoms with Gasteiger partial charge in [0.2, 0.25) is 0 Å². The Hall–Kier alpha value is -2.41. The number of carboxylic acids is 1. The van der Waals surface area contributed by atoms with E-state index < -0.39 is 11.9 Å². The van der Waals surface area contributed by atoms with Crippen LogP contribution in [0.5, 0.6) is 0 Å². The highest BCUT2D eigenvalue weighted by molar-refractivity contribution is 5.93. The summed E-state index contributed by atoms with van der Waals surface area (Å²) in [7, 11) is 0. The van der Waals surface area contributed by atoms with Gasteiger partial charge in [-0.15, -0.1) is 5.06 Å². The molecular formula is C20H28N2O5. The van der Waals surface area contributed by atoms with Crippen LogP contribution in [0.4, 0.5) is 5.69 Å². The number of hydroxylamine groups is 1. The van der Waals surface area contributed by atoms with E-state index in [0.29, 0.717) is 38.2 Å². The number of hydrogen-bond acceptors (Lipinski definition) is 5. The molecule has 1 amide bonds. The van der Waals surface area contributed by atoms with Gasteiger partial charge in [-0.3, -0.25) is 9.59 Å². The second-order valence-corrected chi connectivity index (χ2v) is 7.23.